The average Bonchev–Trinajstić information content (AvgIpc) is 1.99. The number of rotatable bonds is 5. The fraction of sp³-hybridized carbons (Fsp3) is 0.714. The van der Waals surface area contributed by atoms with E-state index in [1.807, 2.05) is 0 Å². The van der Waals surface area contributed by atoms with Gasteiger partial charge in [-0.15, -0.1) is 0 Å². The number of amides is 1. The van der Waals surface area contributed by atoms with Gasteiger partial charge in [-0.2, -0.15) is 0 Å². The van der Waals surface area contributed by atoms with Crippen molar-refractivity contribution in [3.05, 3.63) is 0 Å². The zero-order valence-corrected chi connectivity index (χ0v) is 7.80. The molecular formula is C7H12ClNO3. The van der Waals surface area contributed by atoms with Gasteiger partial charge in [-0.05, 0) is 5.92 Å². The van der Waals surface area contributed by atoms with E-state index in [1.165, 1.54) is 0 Å². The predicted molar refractivity (Wildman–Crippen MR) is 44.6 cm³/mol. The standard InChI is InChI=1S/C7H12ClNO3/c1-5(2)6(9-4-10)7(11)12-3-8/h4-6H,3H2,1-2H3,(H,9,10)/t6-/m0/s1. The van der Waals surface area contributed by atoms with Gasteiger partial charge >= 0.3 is 5.97 Å². The normalized spacial score (nSPS) is 12.3. The van der Waals surface area contributed by atoms with Crippen LogP contribution in [-0.4, -0.2) is 24.5 Å². The van der Waals surface area contributed by atoms with Gasteiger partial charge in [0.05, 0.1) is 0 Å². The molecule has 1 amide bonds. The largest absolute Gasteiger partial charge is 0.448 e. The van der Waals surface area contributed by atoms with Crippen molar-refractivity contribution in [1.29, 1.82) is 0 Å². The van der Waals surface area contributed by atoms with Gasteiger partial charge in [-0.3, -0.25) is 4.79 Å². The molecule has 0 aliphatic rings. The molecule has 0 saturated carbocycles. The Morgan fingerprint density at radius 1 is 1.67 bits per heavy atom. The van der Waals surface area contributed by atoms with E-state index in [4.69, 9.17) is 11.6 Å². The van der Waals surface area contributed by atoms with Crippen molar-refractivity contribution in [1.82, 2.24) is 5.32 Å². The summed E-state index contributed by atoms with van der Waals surface area (Å²) in [4.78, 5) is 21.1. The summed E-state index contributed by atoms with van der Waals surface area (Å²) >= 11 is 5.19. The van der Waals surface area contributed by atoms with Crippen LogP contribution in [0.5, 0.6) is 0 Å². The minimum absolute atomic E-state index is 0.00841. The van der Waals surface area contributed by atoms with Crippen molar-refractivity contribution in [3.8, 4) is 0 Å². The lowest BCUT2D eigenvalue weighted by molar-refractivity contribution is -0.146. The predicted octanol–water partition coefficient (Wildman–Crippen LogP) is 0.496. The van der Waals surface area contributed by atoms with Crippen LogP contribution < -0.4 is 5.32 Å². The van der Waals surface area contributed by atoms with Crippen molar-refractivity contribution in [3.63, 3.8) is 0 Å². The molecule has 0 bridgehead atoms. The third kappa shape index (κ3) is 3.57. The molecule has 0 rings (SSSR count). The summed E-state index contributed by atoms with van der Waals surface area (Å²) in [5.74, 6) is -0.516. The summed E-state index contributed by atoms with van der Waals surface area (Å²) in [6, 6.07) is -0.802. The molecule has 1 N–H and O–H groups in total. The number of carbonyl (C=O) groups excluding carboxylic acids is 2. The molecular weight excluding hydrogens is 182 g/mol. The molecule has 1 atom stereocenters. The van der Waals surface area contributed by atoms with Gasteiger partial charge in [-0.1, -0.05) is 25.4 Å². The molecule has 0 aromatic heterocycles. The molecule has 0 unspecified atom stereocenters. The van der Waals surface area contributed by atoms with Crippen LogP contribution >= 0.6 is 11.6 Å². The van der Waals surface area contributed by atoms with Gasteiger partial charge in [0.15, 0.2) is 6.07 Å². The number of hydrogen-bond donors (Lipinski definition) is 1. The molecule has 12 heavy (non-hydrogen) atoms. The van der Waals surface area contributed by atoms with Crippen LogP contribution in [0.25, 0.3) is 0 Å². The maximum atomic E-state index is 11.0. The molecule has 0 fully saturated rings. The van der Waals surface area contributed by atoms with Gasteiger partial charge in [0, 0.05) is 0 Å². The van der Waals surface area contributed by atoms with Crippen LogP contribution in [-0.2, 0) is 14.3 Å². The van der Waals surface area contributed by atoms with Gasteiger partial charge in [0.1, 0.15) is 6.04 Å². The third-order valence-corrected chi connectivity index (χ3v) is 1.47. The summed E-state index contributed by atoms with van der Waals surface area (Å²) in [5, 5.41) is 2.35. The van der Waals surface area contributed by atoms with Crippen LogP contribution in [0.15, 0.2) is 0 Å². The Balaban J connectivity index is 4.08. The quantitative estimate of drug-likeness (QED) is 0.393. The van der Waals surface area contributed by atoms with E-state index in [0.29, 0.717) is 6.41 Å². The van der Waals surface area contributed by atoms with Gasteiger partial charge in [0.25, 0.3) is 0 Å². The van der Waals surface area contributed by atoms with Gasteiger partial charge in [0.2, 0.25) is 6.41 Å². The lowest BCUT2D eigenvalue weighted by Crippen LogP contribution is -2.41. The summed E-state index contributed by atoms with van der Waals surface area (Å²) in [7, 11) is 0. The number of hydrogen-bond acceptors (Lipinski definition) is 3. The Kier molecular flexibility index (Phi) is 5.45. The zero-order valence-electron chi connectivity index (χ0n) is 7.04. The number of nitrogens with one attached hydrogen (secondary N) is 1. The highest BCUT2D eigenvalue weighted by molar-refractivity contribution is 6.17. The smallest absolute Gasteiger partial charge is 0.330 e. The maximum absolute atomic E-state index is 11.0. The lowest BCUT2D eigenvalue weighted by atomic mass is 10.1. The zero-order chi connectivity index (χ0) is 9.56. The van der Waals surface area contributed by atoms with Crippen LogP contribution in [0.1, 0.15) is 13.8 Å². The van der Waals surface area contributed by atoms with Crippen LogP contribution in [0.4, 0.5) is 0 Å². The van der Waals surface area contributed by atoms with E-state index < -0.39 is 12.0 Å². The number of ether oxygens (including phenoxy) is 1. The molecule has 0 spiro atoms. The summed E-state index contributed by atoms with van der Waals surface area (Å²) < 4.78 is 4.52. The Bertz CT molecular complexity index is 161. The summed E-state index contributed by atoms with van der Waals surface area (Å²) in [5.41, 5.74) is 0. The fourth-order valence-electron chi connectivity index (χ4n) is 0.750. The molecule has 0 aromatic carbocycles. The van der Waals surface area contributed by atoms with Crippen molar-refractivity contribution < 1.29 is 14.3 Å². The first-order chi connectivity index (χ1) is 5.63. The minimum Gasteiger partial charge on any atom is -0.448 e. The van der Waals surface area contributed by atoms with Gasteiger partial charge < -0.3 is 10.1 Å². The monoisotopic (exact) mass is 193 g/mol. The topological polar surface area (TPSA) is 55.4 Å². The highest BCUT2D eigenvalue weighted by Crippen LogP contribution is 2.03. The Morgan fingerprint density at radius 3 is 2.58 bits per heavy atom. The van der Waals surface area contributed by atoms with E-state index in [0.717, 1.165) is 0 Å². The first kappa shape index (κ1) is 11.2. The number of esters is 1. The fourth-order valence-corrected chi connectivity index (χ4v) is 0.857. The van der Waals surface area contributed by atoms with E-state index in [1.54, 1.807) is 13.8 Å². The first-order valence-corrected chi connectivity index (χ1v) is 4.09. The molecule has 0 aliphatic heterocycles. The van der Waals surface area contributed by atoms with Crippen molar-refractivity contribution in [2.24, 2.45) is 5.92 Å². The molecule has 0 radical (unpaired) electrons. The second-order valence-corrected chi connectivity index (χ2v) is 2.80. The Hall–Kier alpha value is -0.770. The summed E-state index contributed by atoms with van der Waals surface area (Å²) in [6.45, 7) is 3.60. The molecule has 0 saturated heterocycles. The van der Waals surface area contributed by atoms with E-state index in [-0.39, 0.29) is 12.0 Å². The van der Waals surface area contributed by atoms with Gasteiger partial charge in [-0.25, -0.2) is 4.79 Å². The summed E-state index contributed by atoms with van der Waals surface area (Å²) in [6.07, 6.45) is 0.472. The maximum Gasteiger partial charge on any atom is 0.330 e. The Morgan fingerprint density at radius 2 is 2.25 bits per heavy atom. The van der Waals surface area contributed by atoms with Crippen LogP contribution in [0.3, 0.4) is 0 Å². The third-order valence-electron chi connectivity index (χ3n) is 1.37. The van der Waals surface area contributed by atoms with E-state index in [2.05, 4.69) is 10.1 Å². The van der Waals surface area contributed by atoms with Crippen molar-refractivity contribution >= 4 is 24.0 Å². The first-order valence-electron chi connectivity index (χ1n) is 3.55. The average molecular weight is 194 g/mol. The number of carbonyl (C=O) groups is 2. The highest BCUT2D eigenvalue weighted by atomic mass is 35.5. The SMILES string of the molecule is CC(C)[C@H](NC=O)C(=O)OCCl. The second-order valence-electron chi connectivity index (χ2n) is 2.58. The van der Waals surface area contributed by atoms with Crippen molar-refractivity contribution in [2.45, 2.75) is 19.9 Å². The van der Waals surface area contributed by atoms with Crippen LogP contribution in [0, 0.1) is 5.92 Å². The second kappa shape index (κ2) is 5.83. The number of halogens is 1. The lowest BCUT2D eigenvalue weighted by Gasteiger charge is -2.17. The minimum atomic E-state index is -0.610. The molecule has 5 heteroatoms. The molecule has 4 nitrogen and oxygen atoms in total. The van der Waals surface area contributed by atoms with Crippen molar-refractivity contribution in [2.75, 3.05) is 6.07 Å². The highest BCUT2D eigenvalue weighted by Gasteiger charge is 2.22. The molecule has 0 heterocycles. The molecule has 0 aliphatic carbocycles. The Labute approximate surface area is 76.2 Å². The van der Waals surface area contributed by atoms with E-state index >= 15 is 0 Å². The van der Waals surface area contributed by atoms with E-state index in [9.17, 15) is 9.59 Å². The van der Waals surface area contributed by atoms with Crippen LogP contribution in [0.2, 0.25) is 0 Å². The number of alkyl halides is 1. The molecule has 0 aromatic rings. The molecule has 70 valence electrons.